The van der Waals surface area contributed by atoms with Crippen molar-refractivity contribution in [3.63, 3.8) is 0 Å². The third-order valence-corrected chi connectivity index (χ3v) is 3.80. The molecule has 0 radical (unpaired) electrons. The van der Waals surface area contributed by atoms with E-state index < -0.39 is 0 Å². The molecule has 2 rings (SSSR count). The molecule has 0 fully saturated rings. The Morgan fingerprint density at radius 3 is 2.83 bits per heavy atom. The van der Waals surface area contributed by atoms with E-state index in [0.29, 0.717) is 5.75 Å². The van der Waals surface area contributed by atoms with E-state index in [1.165, 1.54) is 0 Å². The number of anilines is 1. The van der Waals surface area contributed by atoms with E-state index in [1.54, 1.807) is 23.5 Å². The second-order valence-corrected chi connectivity index (χ2v) is 4.74. The van der Waals surface area contributed by atoms with Crippen molar-refractivity contribution in [2.75, 3.05) is 5.73 Å². The molecule has 0 aliphatic heterocycles. The Labute approximate surface area is 87.1 Å². The number of halogens is 1. The third-order valence-electron chi connectivity index (χ3n) is 1.57. The van der Waals surface area contributed by atoms with Crippen molar-refractivity contribution in [2.45, 2.75) is 0 Å². The Kier molecular flexibility index (Phi) is 1.88. The van der Waals surface area contributed by atoms with Crippen molar-refractivity contribution in [2.24, 2.45) is 0 Å². The third kappa shape index (κ3) is 1.25. The van der Waals surface area contributed by atoms with E-state index in [4.69, 9.17) is 5.73 Å². The highest BCUT2D eigenvalue weighted by Gasteiger charge is 2.04. The average molecular weight is 291 g/mol. The van der Waals surface area contributed by atoms with Crippen molar-refractivity contribution < 1.29 is 5.11 Å². The highest BCUT2D eigenvalue weighted by molar-refractivity contribution is 14.1. The Morgan fingerprint density at radius 2 is 2.08 bits per heavy atom. The molecule has 0 saturated heterocycles. The number of benzene rings is 1. The zero-order chi connectivity index (χ0) is 8.72. The Bertz CT molecular complexity index is 438. The summed E-state index contributed by atoms with van der Waals surface area (Å²) in [5.74, 6) is 0.296. The fraction of sp³-hybridized carbons (Fsp3) is 0. The largest absolute Gasteiger partial charge is 0.508 e. The zero-order valence-electron chi connectivity index (χ0n) is 6.04. The normalized spacial score (nSPS) is 10.8. The Morgan fingerprint density at radius 1 is 1.33 bits per heavy atom. The molecule has 0 bridgehead atoms. The number of hydrogen-bond donors (Lipinski definition) is 2. The van der Waals surface area contributed by atoms with Crippen LogP contribution in [0, 0.1) is 3.57 Å². The summed E-state index contributed by atoms with van der Waals surface area (Å²) in [6.07, 6.45) is 0. The van der Waals surface area contributed by atoms with Gasteiger partial charge in [-0.1, -0.05) is 0 Å². The SMILES string of the molecule is Nc1cc2cc(O)cc(I)c2s1. The van der Waals surface area contributed by atoms with E-state index >= 15 is 0 Å². The maximum atomic E-state index is 9.28. The van der Waals surface area contributed by atoms with E-state index in [9.17, 15) is 5.11 Å². The molecule has 12 heavy (non-hydrogen) atoms. The fourth-order valence-corrected chi connectivity index (χ4v) is 2.89. The van der Waals surface area contributed by atoms with Crippen LogP contribution in [0.1, 0.15) is 0 Å². The molecule has 4 heteroatoms. The lowest BCUT2D eigenvalue weighted by atomic mass is 10.2. The van der Waals surface area contributed by atoms with Crippen LogP contribution in [0.15, 0.2) is 18.2 Å². The van der Waals surface area contributed by atoms with Crippen LogP contribution in [-0.2, 0) is 0 Å². The topological polar surface area (TPSA) is 46.2 Å². The highest BCUT2D eigenvalue weighted by atomic mass is 127. The average Bonchev–Trinajstić information content (AvgIpc) is 2.29. The predicted molar refractivity (Wildman–Crippen MR) is 60.6 cm³/mol. The standard InChI is InChI=1S/C8H6INOS/c9-6-3-5(11)1-4-2-7(10)12-8(4)6/h1-3,11H,10H2. The maximum absolute atomic E-state index is 9.28. The van der Waals surface area contributed by atoms with Gasteiger partial charge in [0.1, 0.15) is 5.75 Å². The quantitative estimate of drug-likeness (QED) is 0.733. The molecule has 1 aromatic carbocycles. The number of aromatic hydroxyl groups is 1. The van der Waals surface area contributed by atoms with Gasteiger partial charge >= 0.3 is 0 Å². The number of fused-ring (bicyclic) bond motifs is 1. The predicted octanol–water partition coefficient (Wildman–Crippen LogP) is 2.79. The maximum Gasteiger partial charge on any atom is 0.117 e. The number of thiophene rings is 1. The molecule has 0 unspecified atom stereocenters. The minimum atomic E-state index is 0.296. The highest BCUT2D eigenvalue weighted by Crippen LogP contribution is 2.33. The number of nitrogens with two attached hydrogens (primary N) is 1. The van der Waals surface area contributed by atoms with Gasteiger partial charge in [0, 0.05) is 3.57 Å². The molecule has 1 aromatic heterocycles. The molecule has 0 atom stereocenters. The number of nitrogen functional groups attached to an aromatic ring is 1. The summed E-state index contributed by atoms with van der Waals surface area (Å²) >= 11 is 3.74. The van der Waals surface area contributed by atoms with Gasteiger partial charge < -0.3 is 10.8 Å². The van der Waals surface area contributed by atoms with E-state index in [-0.39, 0.29) is 0 Å². The summed E-state index contributed by atoms with van der Waals surface area (Å²) in [7, 11) is 0. The number of phenols is 1. The molecule has 0 spiro atoms. The smallest absolute Gasteiger partial charge is 0.117 e. The van der Waals surface area contributed by atoms with E-state index in [1.807, 2.05) is 6.07 Å². The summed E-state index contributed by atoms with van der Waals surface area (Å²) in [6.45, 7) is 0. The van der Waals surface area contributed by atoms with Crippen molar-refractivity contribution in [1.29, 1.82) is 0 Å². The molecule has 0 amide bonds. The van der Waals surface area contributed by atoms with Crippen molar-refractivity contribution in [1.82, 2.24) is 0 Å². The minimum absolute atomic E-state index is 0.296. The first-order valence-corrected chi connectivity index (χ1v) is 5.24. The van der Waals surface area contributed by atoms with Gasteiger partial charge in [-0.25, -0.2) is 0 Å². The van der Waals surface area contributed by atoms with Crippen molar-refractivity contribution in [3.8, 4) is 5.75 Å². The van der Waals surface area contributed by atoms with Crippen LogP contribution in [0.2, 0.25) is 0 Å². The van der Waals surface area contributed by atoms with Crippen LogP contribution in [-0.4, -0.2) is 5.11 Å². The van der Waals surface area contributed by atoms with Gasteiger partial charge in [-0.05, 0) is 46.2 Å². The summed E-state index contributed by atoms with van der Waals surface area (Å²) < 4.78 is 2.19. The Hall–Kier alpha value is -0.490. The molecule has 62 valence electrons. The van der Waals surface area contributed by atoms with Crippen molar-refractivity contribution >= 4 is 49.0 Å². The second kappa shape index (κ2) is 2.77. The van der Waals surface area contributed by atoms with Gasteiger partial charge in [-0.2, -0.15) is 0 Å². The molecule has 3 N–H and O–H groups in total. The van der Waals surface area contributed by atoms with Crippen LogP contribution < -0.4 is 5.73 Å². The van der Waals surface area contributed by atoms with Crippen LogP contribution in [0.5, 0.6) is 5.75 Å². The molecular formula is C8H6INOS. The first kappa shape index (κ1) is 8.12. The van der Waals surface area contributed by atoms with Crippen LogP contribution >= 0.6 is 33.9 Å². The van der Waals surface area contributed by atoms with Gasteiger partial charge in [0.2, 0.25) is 0 Å². The summed E-state index contributed by atoms with van der Waals surface area (Å²) in [5.41, 5.74) is 5.64. The Balaban J connectivity index is 2.88. The molecule has 0 saturated carbocycles. The first-order chi connectivity index (χ1) is 5.66. The lowest BCUT2D eigenvalue weighted by molar-refractivity contribution is 0.476. The van der Waals surface area contributed by atoms with E-state index in [0.717, 1.165) is 18.7 Å². The number of rotatable bonds is 0. The monoisotopic (exact) mass is 291 g/mol. The summed E-state index contributed by atoms with van der Waals surface area (Å²) in [5, 5.41) is 11.1. The zero-order valence-corrected chi connectivity index (χ0v) is 9.02. The molecule has 2 nitrogen and oxygen atoms in total. The molecule has 2 aromatic rings. The van der Waals surface area contributed by atoms with E-state index in [2.05, 4.69) is 22.6 Å². The van der Waals surface area contributed by atoms with Crippen LogP contribution in [0.25, 0.3) is 10.1 Å². The fourth-order valence-electron chi connectivity index (χ4n) is 1.12. The lowest BCUT2D eigenvalue weighted by Gasteiger charge is -1.94. The van der Waals surface area contributed by atoms with Gasteiger partial charge in [0.05, 0.1) is 9.70 Å². The number of phenolic OH excluding ortho intramolecular Hbond substituents is 1. The van der Waals surface area contributed by atoms with Crippen molar-refractivity contribution in [3.05, 3.63) is 21.8 Å². The molecule has 0 aliphatic carbocycles. The number of hydrogen-bond acceptors (Lipinski definition) is 3. The second-order valence-electron chi connectivity index (χ2n) is 2.49. The van der Waals surface area contributed by atoms with Gasteiger partial charge in [0.25, 0.3) is 0 Å². The summed E-state index contributed by atoms with van der Waals surface area (Å²) in [6, 6.07) is 5.34. The molecule has 0 aliphatic rings. The summed E-state index contributed by atoms with van der Waals surface area (Å²) in [4.78, 5) is 0. The van der Waals surface area contributed by atoms with Crippen LogP contribution in [0.4, 0.5) is 5.00 Å². The lowest BCUT2D eigenvalue weighted by Crippen LogP contribution is -1.72. The van der Waals surface area contributed by atoms with Gasteiger partial charge in [-0.3, -0.25) is 0 Å². The van der Waals surface area contributed by atoms with Gasteiger partial charge in [-0.15, -0.1) is 11.3 Å². The van der Waals surface area contributed by atoms with Gasteiger partial charge in [0.15, 0.2) is 0 Å². The molecule has 1 heterocycles. The minimum Gasteiger partial charge on any atom is -0.508 e. The molecular weight excluding hydrogens is 285 g/mol. The van der Waals surface area contributed by atoms with Crippen LogP contribution in [0.3, 0.4) is 0 Å². The first-order valence-electron chi connectivity index (χ1n) is 3.34.